The average Bonchev–Trinajstić information content (AvgIpc) is 3.07. The lowest BCUT2D eigenvalue weighted by Gasteiger charge is -2.27. The van der Waals surface area contributed by atoms with E-state index in [-0.39, 0.29) is 25.3 Å². The summed E-state index contributed by atoms with van der Waals surface area (Å²) in [7, 11) is 0. The molecule has 6 atom stereocenters. The molecule has 0 aliphatic heterocycles. The van der Waals surface area contributed by atoms with Gasteiger partial charge in [-0.15, -0.1) is 0 Å². The van der Waals surface area contributed by atoms with Gasteiger partial charge < -0.3 is 58.5 Å². The summed E-state index contributed by atoms with van der Waals surface area (Å²) in [4.78, 5) is 112. The molecule has 0 fully saturated rings. The topological polar surface area (TPSA) is 347 Å². The van der Waals surface area contributed by atoms with E-state index in [1.807, 2.05) is 5.32 Å². The van der Waals surface area contributed by atoms with E-state index >= 15 is 0 Å². The third-order valence-electron chi connectivity index (χ3n) is 7.80. The minimum absolute atomic E-state index is 0.0758. The van der Waals surface area contributed by atoms with Gasteiger partial charge in [0, 0.05) is 12.8 Å². The molecular formula is C33H49N7O13. The Labute approximate surface area is 304 Å². The van der Waals surface area contributed by atoms with Crippen LogP contribution in [0.3, 0.4) is 0 Å². The normalized spacial score (nSPS) is 14.3. The van der Waals surface area contributed by atoms with E-state index in [4.69, 9.17) is 11.5 Å². The van der Waals surface area contributed by atoms with Crippen LogP contribution in [0.5, 0.6) is 0 Å². The maximum absolute atomic E-state index is 13.6. The Morgan fingerprint density at radius 1 is 0.585 bits per heavy atom. The summed E-state index contributed by atoms with van der Waals surface area (Å²) >= 11 is 0. The highest BCUT2D eigenvalue weighted by molar-refractivity contribution is 5.98. The summed E-state index contributed by atoms with van der Waals surface area (Å²) < 4.78 is 0. The largest absolute Gasteiger partial charge is 0.481 e. The molecule has 0 aliphatic rings. The number of benzene rings is 1. The highest BCUT2D eigenvalue weighted by atomic mass is 16.4. The summed E-state index contributed by atoms with van der Waals surface area (Å²) in [6, 6.07) is -1.04. The van der Waals surface area contributed by atoms with E-state index < -0.39 is 115 Å². The monoisotopic (exact) mass is 751 g/mol. The van der Waals surface area contributed by atoms with Gasteiger partial charge in [0.05, 0.1) is 18.9 Å². The SMILES string of the molecule is CC(C)[C@H](N)C(=O)N[C@@H](Cc1ccccc1)C(=O)N[C@@H](CCC(=O)O)C(=O)N[C@@H](CC(=O)O)C(=O)N[C@@H](CC(=O)O)C(=O)N[C@@H](CCCCN)C(=O)O. The van der Waals surface area contributed by atoms with Crippen LogP contribution in [0.25, 0.3) is 0 Å². The molecule has 0 bridgehead atoms. The van der Waals surface area contributed by atoms with Gasteiger partial charge >= 0.3 is 23.9 Å². The molecule has 0 saturated carbocycles. The first-order chi connectivity index (χ1) is 24.9. The van der Waals surface area contributed by atoms with Gasteiger partial charge in [-0.2, -0.15) is 0 Å². The summed E-state index contributed by atoms with van der Waals surface area (Å²) in [5.74, 6) is -11.8. The Balaban J connectivity index is 3.33. The summed E-state index contributed by atoms with van der Waals surface area (Å²) in [6.45, 7) is 3.61. The number of carbonyl (C=O) groups is 9. The van der Waals surface area contributed by atoms with Crippen LogP contribution in [0.2, 0.25) is 0 Å². The first kappa shape index (κ1) is 45.4. The van der Waals surface area contributed by atoms with Crippen LogP contribution in [0.1, 0.15) is 64.4 Å². The Bertz CT molecular complexity index is 1460. The van der Waals surface area contributed by atoms with Crippen LogP contribution < -0.4 is 38.1 Å². The highest BCUT2D eigenvalue weighted by Crippen LogP contribution is 2.09. The van der Waals surface area contributed by atoms with Gasteiger partial charge in [0.1, 0.15) is 30.2 Å². The number of hydrogen-bond acceptors (Lipinski definition) is 11. The Hall–Kier alpha value is -5.63. The fourth-order valence-corrected chi connectivity index (χ4v) is 4.77. The molecule has 53 heavy (non-hydrogen) atoms. The molecule has 0 heterocycles. The second-order valence-electron chi connectivity index (χ2n) is 12.5. The van der Waals surface area contributed by atoms with Crippen LogP contribution in [0.4, 0.5) is 0 Å². The molecule has 294 valence electrons. The standard InChI is InChI=1S/C33H49N7O13/c1-17(2)27(35)32(51)40-21(14-18-8-4-3-5-9-18)29(48)36-19(11-12-24(41)42)28(47)38-23(16-26(45)46)31(50)39-22(15-25(43)44)30(49)37-20(33(52)53)10-6-7-13-34/h3-5,8-9,17,19-23,27H,6-7,10-16,34-35H2,1-2H3,(H,36,48)(H,37,49)(H,38,47)(H,39,50)(H,40,51)(H,41,42)(H,43,44)(H,45,46)(H,52,53)/t19-,20-,21-,22-,23-,27-/m0/s1. The van der Waals surface area contributed by atoms with Crippen LogP contribution in [-0.4, -0.2) is 117 Å². The van der Waals surface area contributed by atoms with Crippen molar-refractivity contribution >= 4 is 53.4 Å². The predicted molar refractivity (Wildman–Crippen MR) is 185 cm³/mol. The van der Waals surface area contributed by atoms with Crippen molar-refractivity contribution in [2.75, 3.05) is 6.54 Å². The van der Waals surface area contributed by atoms with Crippen molar-refractivity contribution in [3.63, 3.8) is 0 Å². The zero-order valence-electron chi connectivity index (χ0n) is 29.4. The van der Waals surface area contributed by atoms with E-state index in [2.05, 4.69) is 21.3 Å². The van der Waals surface area contributed by atoms with Crippen molar-refractivity contribution < 1.29 is 63.6 Å². The molecule has 1 aromatic carbocycles. The lowest BCUT2D eigenvalue weighted by atomic mass is 10.0. The van der Waals surface area contributed by atoms with Crippen molar-refractivity contribution in [2.45, 2.75) is 101 Å². The fourth-order valence-electron chi connectivity index (χ4n) is 4.77. The molecule has 20 nitrogen and oxygen atoms in total. The van der Waals surface area contributed by atoms with E-state index in [1.54, 1.807) is 44.2 Å². The third-order valence-corrected chi connectivity index (χ3v) is 7.80. The second kappa shape index (κ2) is 23.0. The molecule has 0 unspecified atom stereocenters. The number of rotatable bonds is 25. The van der Waals surface area contributed by atoms with Crippen molar-refractivity contribution in [1.82, 2.24) is 26.6 Å². The van der Waals surface area contributed by atoms with E-state index in [0.717, 1.165) is 0 Å². The van der Waals surface area contributed by atoms with E-state index in [0.29, 0.717) is 18.4 Å². The van der Waals surface area contributed by atoms with Crippen LogP contribution in [-0.2, 0) is 49.6 Å². The molecular weight excluding hydrogens is 702 g/mol. The zero-order chi connectivity index (χ0) is 40.2. The zero-order valence-corrected chi connectivity index (χ0v) is 29.4. The molecule has 1 aromatic rings. The van der Waals surface area contributed by atoms with Crippen molar-refractivity contribution in [3.8, 4) is 0 Å². The van der Waals surface area contributed by atoms with E-state index in [1.165, 1.54) is 0 Å². The molecule has 5 amide bonds. The number of carbonyl (C=O) groups excluding carboxylic acids is 5. The fraction of sp³-hybridized carbons (Fsp3) is 0.545. The number of nitrogens with one attached hydrogen (secondary N) is 5. The van der Waals surface area contributed by atoms with Gasteiger partial charge in [-0.1, -0.05) is 44.2 Å². The number of hydrogen-bond donors (Lipinski definition) is 11. The number of carboxylic acids is 4. The van der Waals surface area contributed by atoms with Gasteiger partial charge in [-0.25, -0.2) is 4.79 Å². The first-order valence-corrected chi connectivity index (χ1v) is 16.8. The molecule has 0 aliphatic carbocycles. The molecule has 0 aromatic heterocycles. The Morgan fingerprint density at radius 2 is 1.04 bits per heavy atom. The van der Waals surface area contributed by atoms with Gasteiger partial charge in [0.15, 0.2) is 0 Å². The molecule has 1 rings (SSSR count). The molecule has 0 radical (unpaired) electrons. The van der Waals surface area contributed by atoms with Crippen LogP contribution in [0, 0.1) is 5.92 Å². The minimum Gasteiger partial charge on any atom is -0.481 e. The molecule has 0 saturated heterocycles. The number of unbranched alkanes of at least 4 members (excludes halogenated alkanes) is 1. The maximum atomic E-state index is 13.6. The lowest BCUT2D eigenvalue weighted by Crippen LogP contribution is -2.60. The van der Waals surface area contributed by atoms with Gasteiger partial charge in [-0.05, 0) is 43.7 Å². The van der Waals surface area contributed by atoms with E-state index in [9.17, 15) is 63.6 Å². The Kier molecular flexibility index (Phi) is 19.7. The van der Waals surface area contributed by atoms with Crippen LogP contribution >= 0.6 is 0 Å². The third kappa shape index (κ3) is 17.4. The van der Waals surface area contributed by atoms with Gasteiger partial charge in [0.2, 0.25) is 29.5 Å². The van der Waals surface area contributed by atoms with Gasteiger partial charge in [0.25, 0.3) is 0 Å². The number of nitrogens with two attached hydrogens (primary N) is 2. The molecule has 13 N–H and O–H groups in total. The lowest BCUT2D eigenvalue weighted by molar-refractivity contribution is -0.145. The second-order valence-corrected chi connectivity index (χ2v) is 12.5. The number of aliphatic carboxylic acids is 4. The maximum Gasteiger partial charge on any atom is 0.326 e. The van der Waals surface area contributed by atoms with Crippen molar-refractivity contribution in [1.29, 1.82) is 0 Å². The van der Waals surface area contributed by atoms with Crippen molar-refractivity contribution in [2.24, 2.45) is 17.4 Å². The predicted octanol–water partition coefficient (Wildman–Crippen LogP) is -2.34. The first-order valence-electron chi connectivity index (χ1n) is 16.8. The summed E-state index contributed by atoms with van der Waals surface area (Å²) in [5, 5.41) is 48.7. The quantitative estimate of drug-likeness (QED) is 0.0467. The molecule has 0 spiro atoms. The summed E-state index contributed by atoms with van der Waals surface area (Å²) in [5.41, 5.74) is 12.0. The average molecular weight is 752 g/mol. The highest BCUT2D eigenvalue weighted by Gasteiger charge is 2.35. The van der Waals surface area contributed by atoms with Crippen molar-refractivity contribution in [3.05, 3.63) is 35.9 Å². The van der Waals surface area contributed by atoms with Gasteiger partial charge in [-0.3, -0.25) is 38.4 Å². The number of carboxylic acid groups (broad SMARTS) is 4. The van der Waals surface area contributed by atoms with Crippen LogP contribution in [0.15, 0.2) is 30.3 Å². The molecule has 20 heteroatoms. The number of amides is 5. The summed E-state index contributed by atoms with van der Waals surface area (Å²) in [6.07, 6.45) is -2.86. The Morgan fingerprint density at radius 3 is 1.49 bits per heavy atom. The smallest absolute Gasteiger partial charge is 0.326 e. The minimum atomic E-state index is -2.00.